The van der Waals surface area contributed by atoms with E-state index in [-0.39, 0.29) is 6.04 Å². The lowest BCUT2D eigenvalue weighted by atomic mass is 10.1. The summed E-state index contributed by atoms with van der Waals surface area (Å²) in [7, 11) is 0. The van der Waals surface area contributed by atoms with Crippen molar-refractivity contribution in [1.29, 1.82) is 0 Å². The Morgan fingerprint density at radius 1 is 1.17 bits per heavy atom. The normalized spacial score (nSPS) is 11.4. The number of pyridine rings is 1. The molecule has 2 rings (SSSR count). The molecule has 0 aliphatic rings. The molecule has 0 aliphatic carbocycles. The molecule has 1 aromatic heterocycles. The molecule has 0 unspecified atom stereocenters. The summed E-state index contributed by atoms with van der Waals surface area (Å²) in [6, 6.07) is 14.3. The van der Waals surface area contributed by atoms with E-state index >= 15 is 0 Å². The number of rotatable bonds is 3. The van der Waals surface area contributed by atoms with Crippen LogP contribution in [0.5, 0.6) is 0 Å². The Balaban J connectivity index is 1.85. The number of benzene rings is 1. The van der Waals surface area contributed by atoms with E-state index < -0.39 is 0 Å². The van der Waals surface area contributed by atoms with E-state index in [0.717, 1.165) is 5.56 Å². The van der Waals surface area contributed by atoms with E-state index in [9.17, 15) is 0 Å². The summed E-state index contributed by atoms with van der Waals surface area (Å²) in [5.74, 6) is 6.24. The number of nitrogens with zero attached hydrogens (tertiary/aromatic N) is 1. The van der Waals surface area contributed by atoms with Gasteiger partial charge in [0.25, 0.3) is 0 Å². The summed E-state index contributed by atoms with van der Waals surface area (Å²) in [6.45, 7) is 2.78. The van der Waals surface area contributed by atoms with Crippen LogP contribution in [0.3, 0.4) is 0 Å². The van der Waals surface area contributed by atoms with E-state index in [1.165, 1.54) is 5.56 Å². The smallest absolute Gasteiger partial charge is 0.0584 e. The quantitative estimate of drug-likeness (QED) is 0.829. The topological polar surface area (TPSA) is 24.9 Å². The van der Waals surface area contributed by atoms with Crippen molar-refractivity contribution in [3.05, 3.63) is 66.0 Å². The van der Waals surface area contributed by atoms with Gasteiger partial charge in [-0.25, -0.2) is 0 Å². The van der Waals surface area contributed by atoms with Crippen molar-refractivity contribution >= 4 is 0 Å². The average Bonchev–Trinajstić information content (AvgIpc) is 2.45. The second kappa shape index (κ2) is 6.58. The summed E-state index contributed by atoms with van der Waals surface area (Å²) in [4.78, 5) is 4.11. The van der Waals surface area contributed by atoms with Crippen LogP contribution in [-0.4, -0.2) is 11.5 Å². The molecule has 1 N–H and O–H groups in total. The Labute approximate surface area is 108 Å². The fourth-order valence-electron chi connectivity index (χ4n) is 1.62. The van der Waals surface area contributed by atoms with Gasteiger partial charge in [-0.05, 0) is 30.7 Å². The third-order valence-electron chi connectivity index (χ3n) is 2.69. The van der Waals surface area contributed by atoms with E-state index in [0.29, 0.717) is 6.54 Å². The van der Waals surface area contributed by atoms with Crippen LogP contribution in [0.2, 0.25) is 0 Å². The summed E-state index contributed by atoms with van der Waals surface area (Å²) in [5, 5.41) is 3.36. The van der Waals surface area contributed by atoms with Gasteiger partial charge in [-0.3, -0.25) is 10.3 Å². The maximum absolute atomic E-state index is 4.11. The average molecular weight is 236 g/mol. The van der Waals surface area contributed by atoms with E-state index in [4.69, 9.17) is 0 Å². The van der Waals surface area contributed by atoms with Gasteiger partial charge in [0.15, 0.2) is 0 Å². The summed E-state index contributed by atoms with van der Waals surface area (Å²) in [5.41, 5.74) is 2.23. The van der Waals surface area contributed by atoms with Gasteiger partial charge in [0.2, 0.25) is 0 Å². The maximum atomic E-state index is 4.11. The van der Waals surface area contributed by atoms with Gasteiger partial charge in [0.05, 0.1) is 6.54 Å². The molecule has 90 valence electrons. The van der Waals surface area contributed by atoms with E-state index in [1.54, 1.807) is 6.20 Å². The largest absolute Gasteiger partial charge is 0.300 e. The molecule has 2 aromatic rings. The molecule has 2 heteroatoms. The number of hydrogen-bond donors (Lipinski definition) is 1. The van der Waals surface area contributed by atoms with Crippen LogP contribution in [0.4, 0.5) is 0 Å². The molecule has 1 aromatic carbocycles. The lowest BCUT2D eigenvalue weighted by Gasteiger charge is -2.10. The lowest BCUT2D eigenvalue weighted by Crippen LogP contribution is -2.18. The van der Waals surface area contributed by atoms with Crippen molar-refractivity contribution in [2.45, 2.75) is 13.0 Å². The van der Waals surface area contributed by atoms with Crippen LogP contribution in [-0.2, 0) is 0 Å². The molecule has 0 bridgehead atoms. The Bertz CT molecular complexity index is 523. The molecule has 0 saturated carbocycles. The number of hydrogen-bond acceptors (Lipinski definition) is 2. The van der Waals surface area contributed by atoms with Crippen molar-refractivity contribution in [2.75, 3.05) is 6.54 Å². The third kappa shape index (κ3) is 3.73. The highest BCUT2D eigenvalue weighted by molar-refractivity contribution is 5.33. The molecular weight excluding hydrogens is 220 g/mol. The van der Waals surface area contributed by atoms with Crippen molar-refractivity contribution in [1.82, 2.24) is 10.3 Å². The molecule has 1 atom stereocenters. The van der Waals surface area contributed by atoms with Crippen LogP contribution in [0.1, 0.15) is 24.1 Å². The van der Waals surface area contributed by atoms with Crippen LogP contribution in [0, 0.1) is 11.8 Å². The SMILES string of the molecule is C[C@H](NCC#Cc1ccccc1)c1cccnc1. The molecule has 0 spiro atoms. The number of nitrogens with one attached hydrogen (secondary N) is 1. The first-order chi connectivity index (χ1) is 8.86. The molecule has 0 fully saturated rings. The molecular formula is C16H16N2. The molecule has 0 aliphatic heterocycles. The van der Waals surface area contributed by atoms with Gasteiger partial charge < -0.3 is 0 Å². The highest BCUT2D eigenvalue weighted by atomic mass is 14.9. The molecule has 1 heterocycles. The van der Waals surface area contributed by atoms with Crippen LogP contribution in [0.25, 0.3) is 0 Å². The first-order valence-electron chi connectivity index (χ1n) is 6.03. The maximum Gasteiger partial charge on any atom is 0.0584 e. The Hall–Kier alpha value is -2.11. The Morgan fingerprint density at radius 2 is 2.00 bits per heavy atom. The minimum atomic E-state index is 0.267. The van der Waals surface area contributed by atoms with Gasteiger partial charge >= 0.3 is 0 Å². The van der Waals surface area contributed by atoms with Crippen LogP contribution in [0.15, 0.2) is 54.9 Å². The van der Waals surface area contributed by atoms with Gasteiger partial charge in [-0.2, -0.15) is 0 Å². The Morgan fingerprint density at radius 3 is 2.72 bits per heavy atom. The molecule has 0 saturated heterocycles. The van der Waals surface area contributed by atoms with E-state index in [2.05, 4.69) is 35.1 Å². The standard InChI is InChI=1S/C16H16N2/c1-14(16-10-6-11-17-13-16)18-12-5-9-15-7-3-2-4-8-15/h2-4,6-8,10-11,13-14,18H,12H2,1H3/t14-/m0/s1. The number of aromatic nitrogens is 1. The second-order valence-electron chi connectivity index (χ2n) is 4.06. The zero-order valence-corrected chi connectivity index (χ0v) is 10.4. The molecule has 0 radical (unpaired) electrons. The van der Waals surface area contributed by atoms with Gasteiger partial charge in [-0.15, -0.1) is 0 Å². The Kier molecular flexibility index (Phi) is 4.52. The fraction of sp³-hybridized carbons (Fsp3) is 0.188. The minimum Gasteiger partial charge on any atom is -0.300 e. The zero-order valence-electron chi connectivity index (χ0n) is 10.4. The zero-order chi connectivity index (χ0) is 12.6. The van der Waals surface area contributed by atoms with Gasteiger partial charge in [0.1, 0.15) is 0 Å². The monoisotopic (exact) mass is 236 g/mol. The van der Waals surface area contributed by atoms with Gasteiger partial charge in [0, 0.05) is 24.0 Å². The predicted octanol–water partition coefficient (Wildman–Crippen LogP) is 2.78. The van der Waals surface area contributed by atoms with Crippen LogP contribution >= 0.6 is 0 Å². The molecule has 2 nitrogen and oxygen atoms in total. The highest BCUT2D eigenvalue weighted by Crippen LogP contribution is 2.08. The van der Waals surface area contributed by atoms with Crippen molar-refractivity contribution in [2.24, 2.45) is 0 Å². The van der Waals surface area contributed by atoms with Crippen LogP contribution < -0.4 is 5.32 Å². The van der Waals surface area contributed by atoms with Crippen molar-refractivity contribution in [3.8, 4) is 11.8 Å². The second-order valence-corrected chi connectivity index (χ2v) is 4.06. The summed E-state index contributed by atoms with van der Waals surface area (Å²) >= 11 is 0. The third-order valence-corrected chi connectivity index (χ3v) is 2.69. The van der Waals surface area contributed by atoms with Crippen molar-refractivity contribution < 1.29 is 0 Å². The lowest BCUT2D eigenvalue weighted by molar-refractivity contribution is 0.621. The highest BCUT2D eigenvalue weighted by Gasteiger charge is 2.01. The summed E-state index contributed by atoms with van der Waals surface area (Å²) in [6.07, 6.45) is 3.66. The molecule has 18 heavy (non-hydrogen) atoms. The van der Waals surface area contributed by atoms with Crippen molar-refractivity contribution in [3.63, 3.8) is 0 Å². The fourth-order valence-corrected chi connectivity index (χ4v) is 1.62. The predicted molar refractivity (Wildman–Crippen MR) is 74.0 cm³/mol. The molecule has 0 amide bonds. The van der Waals surface area contributed by atoms with E-state index in [1.807, 2.05) is 42.6 Å². The van der Waals surface area contributed by atoms with Gasteiger partial charge in [-0.1, -0.05) is 36.1 Å². The minimum absolute atomic E-state index is 0.267. The first-order valence-corrected chi connectivity index (χ1v) is 6.03. The first kappa shape index (κ1) is 12.3. The summed E-state index contributed by atoms with van der Waals surface area (Å²) < 4.78 is 0.